The first-order chi connectivity index (χ1) is 9.81. The summed E-state index contributed by atoms with van der Waals surface area (Å²) < 4.78 is 0. The molecule has 0 spiro atoms. The zero-order valence-corrected chi connectivity index (χ0v) is 13.8. The molecule has 1 N–H and O–H groups in total. The smallest absolute Gasteiger partial charge is 0.207 e. The fraction of sp³-hybridized carbons (Fsp3) is 0.375. The molecule has 0 radical (unpaired) electrons. The Bertz CT molecular complexity index is 477. The van der Waals surface area contributed by atoms with Crippen LogP contribution >= 0.6 is 11.3 Å². The van der Waals surface area contributed by atoms with E-state index in [4.69, 9.17) is 0 Å². The molecule has 3 nitrogen and oxygen atoms in total. The fourth-order valence-electron chi connectivity index (χ4n) is 1.51. The lowest BCUT2D eigenvalue weighted by molar-refractivity contribution is -0.109. The van der Waals surface area contributed by atoms with E-state index >= 15 is 0 Å². The lowest BCUT2D eigenvalue weighted by Crippen LogP contribution is -2.09. The zero-order chi connectivity index (χ0) is 15.4. The van der Waals surface area contributed by atoms with Crippen molar-refractivity contribution in [2.45, 2.75) is 41.2 Å². The molecule has 20 heavy (non-hydrogen) atoms. The normalized spacial score (nSPS) is 8.65. The van der Waals surface area contributed by atoms with Gasteiger partial charge in [0, 0.05) is 6.54 Å². The van der Waals surface area contributed by atoms with Gasteiger partial charge < -0.3 is 5.32 Å². The molecule has 0 saturated carbocycles. The molecule has 110 valence electrons. The average molecular weight is 292 g/mol. The van der Waals surface area contributed by atoms with Gasteiger partial charge in [0.25, 0.3) is 0 Å². The van der Waals surface area contributed by atoms with E-state index in [-0.39, 0.29) is 0 Å². The summed E-state index contributed by atoms with van der Waals surface area (Å²) in [6.07, 6.45) is 0.710. The summed E-state index contributed by atoms with van der Waals surface area (Å²) in [6, 6.07) is 8.15. The number of benzene rings is 1. The maximum atomic E-state index is 10.2. The second kappa shape index (κ2) is 11.2. The van der Waals surface area contributed by atoms with Crippen molar-refractivity contribution in [1.82, 2.24) is 10.3 Å². The molecule has 0 aliphatic rings. The summed E-state index contributed by atoms with van der Waals surface area (Å²) in [5.41, 5.74) is 5.18. The van der Waals surface area contributed by atoms with Crippen molar-refractivity contribution < 1.29 is 4.79 Å². The number of nitrogens with zero attached hydrogens (tertiary/aromatic N) is 1. The number of aromatic nitrogens is 1. The summed E-state index contributed by atoms with van der Waals surface area (Å²) in [7, 11) is 0. The highest BCUT2D eigenvalue weighted by molar-refractivity contribution is 7.13. The molecule has 4 heteroatoms. The van der Waals surface area contributed by atoms with Crippen molar-refractivity contribution in [2.24, 2.45) is 0 Å². The number of thiazole rings is 1. The van der Waals surface area contributed by atoms with Crippen molar-refractivity contribution >= 4 is 17.7 Å². The molecule has 0 bridgehead atoms. The predicted molar refractivity (Wildman–Crippen MR) is 87.9 cm³/mol. The average Bonchev–Trinajstić information content (AvgIpc) is 2.96. The standard InChI is InChI=1S/C12H12N2OS.2C2H6/c1-9-12(16-8-14-9)11-4-2-10(3-5-11)6-13-7-15;2*1-2/h2-5,7-8H,6H2,1H3,(H,13,15);2*1-2H3. The highest BCUT2D eigenvalue weighted by Gasteiger charge is 2.03. The number of hydrogen-bond acceptors (Lipinski definition) is 3. The molecule has 1 aromatic heterocycles. The summed E-state index contributed by atoms with van der Waals surface area (Å²) in [6.45, 7) is 10.6. The van der Waals surface area contributed by atoms with Crippen LogP contribution in [0.3, 0.4) is 0 Å². The molecular formula is C16H24N2OS. The van der Waals surface area contributed by atoms with Crippen LogP contribution in [-0.2, 0) is 11.3 Å². The Balaban J connectivity index is 0.000000829. The Labute approximate surface area is 126 Å². The van der Waals surface area contributed by atoms with Crippen LogP contribution in [0.15, 0.2) is 29.8 Å². The second-order valence-corrected chi connectivity index (χ2v) is 4.32. The molecule has 0 aliphatic carbocycles. The van der Waals surface area contributed by atoms with E-state index in [1.807, 2.05) is 52.3 Å². The monoisotopic (exact) mass is 292 g/mol. The van der Waals surface area contributed by atoms with E-state index < -0.39 is 0 Å². The minimum atomic E-state index is 0.575. The maximum absolute atomic E-state index is 10.2. The Kier molecular flexibility index (Phi) is 10.2. The van der Waals surface area contributed by atoms with E-state index in [2.05, 4.69) is 22.4 Å². The van der Waals surface area contributed by atoms with Gasteiger partial charge in [-0.25, -0.2) is 4.98 Å². The molecule has 0 unspecified atom stereocenters. The van der Waals surface area contributed by atoms with Crippen molar-refractivity contribution in [1.29, 1.82) is 0 Å². The van der Waals surface area contributed by atoms with Gasteiger partial charge in [0.1, 0.15) is 0 Å². The molecule has 1 amide bonds. The lowest BCUT2D eigenvalue weighted by Gasteiger charge is -2.02. The highest BCUT2D eigenvalue weighted by Crippen LogP contribution is 2.27. The summed E-state index contributed by atoms with van der Waals surface area (Å²) in [4.78, 5) is 15.6. The fourth-order valence-corrected chi connectivity index (χ4v) is 2.32. The number of aryl methyl sites for hydroxylation is 1. The van der Waals surface area contributed by atoms with Crippen LogP contribution in [0.25, 0.3) is 10.4 Å². The third-order valence-corrected chi connectivity index (χ3v) is 3.33. The third kappa shape index (κ3) is 5.53. The van der Waals surface area contributed by atoms with Gasteiger partial charge in [-0.3, -0.25) is 4.79 Å². The van der Waals surface area contributed by atoms with Gasteiger partial charge in [-0.15, -0.1) is 11.3 Å². The van der Waals surface area contributed by atoms with Crippen LogP contribution in [0.4, 0.5) is 0 Å². The van der Waals surface area contributed by atoms with E-state index in [1.54, 1.807) is 11.3 Å². The Morgan fingerprint density at radius 3 is 2.20 bits per heavy atom. The van der Waals surface area contributed by atoms with Crippen LogP contribution in [0, 0.1) is 6.92 Å². The van der Waals surface area contributed by atoms with E-state index in [9.17, 15) is 4.79 Å². The van der Waals surface area contributed by atoms with E-state index in [0.717, 1.165) is 11.3 Å². The largest absolute Gasteiger partial charge is 0.355 e. The van der Waals surface area contributed by atoms with Crippen LogP contribution in [0.2, 0.25) is 0 Å². The van der Waals surface area contributed by atoms with Gasteiger partial charge in [0.05, 0.1) is 16.1 Å². The van der Waals surface area contributed by atoms with Crippen molar-refractivity contribution in [2.75, 3.05) is 0 Å². The molecule has 2 rings (SSSR count). The van der Waals surface area contributed by atoms with E-state index in [1.165, 1.54) is 10.4 Å². The Hall–Kier alpha value is -1.68. The number of nitrogens with one attached hydrogen (secondary N) is 1. The summed E-state index contributed by atoms with van der Waals surface area (Å²) >= 11 is 1.64. The number of hydrogen-bond donors (Lipinski definition) is 1. The molecule has 0 atom stereocenters. The number of amides is 1. The topological polar surface area (TPSA) is 42.0 Å². The Morgan fingerprint density at radius 2 is 1.75 bits per heavy atom. The quantitative estimate of drug-likeness (QED) is 0.848. The molecule has 1 aromatic carbocycles. The summed E-state index contributed by atoms with van der Waals surface area (Å²) in [5, 5.41) is 2.64. The first-order valence-corrected chi connectivity index (χ1v) is 7.85. The third-order valence-electron chi connectivity index (χ3n) is 2.35. The van der Waals surface area contributed by atoms with Gasteiger partial charge in [-0.2, -0.15) is 0 Å². The molecule has 0 saturated heterocycles. The highest BCUT2D eigenvalue weighted by atomic mass is 32.1. The molecule has 0 fully saturated rings. The molecule has 1 heterocycles. The van der Waals surface area contributed by atoms with Crippen LogP contribution < -0.4 is 5.32 Å². The SMILES string of the molecule is CC.CC.Cc1ncsc1-c1ccc(CNC=O)cc1. The van der Waals surface area contributed by atoms with Crippen molar-refractivity contribution in [3.05, 3.63) is 41.0 Å². The minimum absolute atomic E-state index is 0.575. The van der Waals surface area contributed by atoms with Gasteiger partial charge in [0.2, 0.25) is 6.41 Å². The maximum Gasteiger partial charge on any atom is 0.207 e. The van der Waals surface area contributed by atoms with Crippen LogP contribution in [0.1, 0.15) is 39.0 Å². The van der Waals surface area contributed by atoms with Gasteiger partial charge in [0.15, 0.2) is 0 Å². The second-order valence-electron chi connectivity index (χ2n) is 3.46. The number of carbonyl (C=O) groups excluding carboxylic acids is 1. The van der Waals surface area contributed by atoms with E-state index in [0.29, 0.717) is 13.0 Å². The number of rotatable bonds is 4. The predicted octanol–water partition coefficient (Wildman–Crippen LogP) is 4.42. The molecular weight excluding hydrogens is 268 g/mol. The first kappa shape index (κ1) is 18.3. The van der Waals surface area contributed by atoms with Crippen molar-refractivity contribution in [3.63, 3.8) is 0 Å². The number of carbonyl (C=O) groups is 1. The molecule has 2 aromatic rings. The van der Waals surface area contributed by atoms with Crippen molar-refractivity contribution in [3.8, 4) is 10.4 Å². The zero-order valence-electron chi connectivity index (χ0n) is 12.9. The van der Waals surface area contributed by atoms with Gasteiger partial charge in [-0.05, 0) is 18.1 Å². The van der Waals surface area contributed by atoms with Gasteiger partial charge in [-0.1, -0.05) is 52.0 Å². The minimum Gasteiger partial charge on any atom is -0.355 e. The first-order valence-electron chi connectivity index (χ1n) is 6.97. The Morgan fingerprint density at radius 1 is 1.15 bits per heavy atom. The summed E-state index contributed by atoms with van der Waals surface area (Å²) in [5.74, 6) is 0. The van der Waals surface area contributed by atoms with Crippen LogP contribution in [0.5, 0.6) is 0 Å². The lowest BCUT2D eigenvalue weighted by atomic mass is 10.1. The van der Waals surface area contributed by atoms with Gasteiger partial charge >= 0.3 is 0 Å². The molecule has 0 aliphatic heterocycles. The van der Waals surface area contributed by atoms with Crippen LogP contribution in [-0.4, -0.2) is 11.4 Å².